The van der Waals surface area contributed by atoms with Crippen molar-refractivity contribution in [2.75, 3.05) is 6.61 Å². The van der Waals surface area contributed by atoms with E-state index in [2.05, 4.69) is 26.5 Å². The molecule has 2 rings (SSSR count). The highest BCUT2D eigenvalue weighted by atomic mass is 79.9. The number of aryl methyl sites for hydroxylation is 1. The van der Waals surface area contributed by atoms with Gasteiger partial charge in [-0.1, -0.05) is 15.9 Å². The molecule has 0 radical (unpaired) electrons. The van der Waals surface area contributed by atoms with Gasteiger partial charge in [-0.25, -0.2) is 5.43 Å². The fourth-order valence-electron chi connectivity index (χ4n) is 1.39. The first kappa shape index (κ1) is 14.7. The van der Waals surface area contributed by atoms with Crippen LogP contribution in [-0.2, 0) is 4.79 Å². The lowest BCUT2D eigenvalue weighted by Crippen LogP contribution is -2.24. The summed E-state index contributed by atoms with van der Waals surface area (Å²) in [7, 11) is 0. The Balaban J connectivity index is 1.77. The van der Waals surface area contributed by atoms with Crippen LogP contribution < -0.4 is 10.2 Å². The fourth-order valence-corrected chi connectivity index (χ4v) is 2.44. The Kier molecular flexibility index (Phi) is 5.31. The van der Waals surface area contributed by atoms with Crippen molar-refractivity contribution in [1.82, 2.24) is 5.43 Å². The number of nitrogens with one attached hydrogen (secondary N) is 1. The molecule has 1 amide bonds. The molecule has 6 heteroatoms. The van der Waals surface area contributed by atoms with Gasteiger partial charge in [-0.15, -0.1) is 11.3 Å². The molecule has 1 aromatic carbocycles. The van der Waals surface area contributed by atoms with E-state index in [1.165, 1.54) is 0 Å². The summed E-state index contributed by atoms with van der Waals surface area (Å²) in [5, 5.41) is 5.88. The number of ether oxygens (including phenoxy) is 1. The van der Waals surface area contributed by atoms with Crippen LogP contribution in [0.2, 0.25) is 0 Å². The van der Waals surface area contributed by atoms with Crippen LogP contribution in [0.1, 0.15) is 10.4 Å². The zero-order valence-corrected chi connectivity index (χ0v) is 13.2. The van der Waals surface area contributed by atoms with Gasteiger partial charge in [-0.3, -0.25) is 4.79 Å². The monoisotopic (exact) mass is 352 g/mol. The Morgan fingerprint density at radius 3 is 2.80 bits per heavy atom. The molecule has 1 aromatic heterocycles. The van der Waals surface area contributed by atoms with E-state index in [0.29, 0.717) is 5.75 Å². The zero-order valence-electron chi connectivity index (χ0n) is 10.8. The number of benzene rings is 1. The van der Waals surface area contributed by atoms with Crippen LogP contribution >= 0.6 is 27.3 Å². The molecule has 0 aliphatic heterocycles. The molecule has 104 valence electrons. The number of halogens is 1. The predicted octanol–water partition coefficient (Wildman–Crippen LogP) is 3.35. The van der Waals surface area contributed by atoms with Crippen LogP contribution in [0.4, 0.5) is 0 Å². The largest absolute Gasteiger partial charge is 0.484 e. The molecule has 2 aromatic rings. The number of thiophene rings is 1. The second-order valence-corrected chi connectivity index (χ2v) is 5.87. The number of carbonyl (C=O) groups excluding carboxylic acids is 1. The van der Waals surface area contributed by atoms with Gasteiger partial charge in [0.05, 0.1) is 6.21 Å². The van der Waals surface area contributed by atoms with Gasteiger partial charge < -0.3 is 4.74 Å². The van der Waals surface area contributed by atoms with E-state index in [-0.39, 0.29) is 12.5 Å². The molecule has 0 aliphatic carbocycles. The summed E-state index contributed by atoms with van der Waals surface area (Å²) in [4.78, 5) is 12.6. The third-order valence-corrected chi connectivity index (χ3v) is 3.94. The lowest BCUT2D eigenvalue weighted by Gasteiger charge is -2.04. The van der Waals surface area contributed by atoms with Crippen LogP contribution in [0, 0.1) is 6.92 Å². The summed E-state index contributed by atoms with van der Waals surface area (Å²) >= 11 is 4.91. The van der Waals surface area contributed by atoms with Gasteiger partial charge >= 0.3 is 0 Å². The first-order valence-corrected chi connectivity index (χ1v) is 7.57. The maximum absolute atomic E-state index is 11.5. The Morgan fingerprint density at radius 2 is 2.15 bits per heavy atom. The number of carbonyl (C=O) groups is 1. The molecular formula is C14H13BrN2O2S. The van der Waals surface area contributed by atoms with Gasteiger partial charge in [-0.2, -0.15) is 5.10 Å². The molecule has 0 unspecified atom stereocenters. The normalized spacial score (nSPS) is 10.7. The van der Waals surface area contributed by atoms with Crippen LogP contribution in [0.15, 0.2) is 45.3 Å². The summed E-state index contributed by atoms with van der Waals surface area (Å²) in [5.74, 6) is 0.347. The molecule has 0 spiro atoms. The molecule has 0 fully saturated rings. The number of hydrogen-bond acceptors (Lipinski definition) is 4. The summed E-state index contributed by atoms with van der Waals surface area (Å²) in [6, 6.07) is 9.28. The number of nitrogens with zero attached hydrogens (tertiary/aromatic N) is 1. The highest BCUT2D eigenvalue weighted by Gasteiger charge is 2.01. The lowest BCUT2D eigenvalue weighted by molar-refractivity contribution is -0.123. The van der Waals surface area contributed by atoms with Gasteiger partial charge in [0, 0.05) is 9.35 Å². The van der Waals surface area contributed by atoms with E-state index < -0.39 is 0 Å². The minimum Gasteiger partial charge on any atom is -0.484 e. The first-order valence-electron chi connectivity index (χ1n) is 5.89. The summed E-state index contributed by atoms with van der Waals surface area (Å²) in [6.07, 6.45) is 1.64. The molecular weight excluding hydrogens is 340 g/mol. The molecule has 0 aliphatic rings. The maximum atomic E-state index is 11.5. The first-order chi connectivity index (χ1) is 9.65. The van der Waals surface area contributed by atoms with Crippen molar-refractivity contribution >= 4 is 39.4 Å². The van der Waals surface area contributed by atoms with Crippen molar-refractivity contribution in [1.29, 1.82) is 0 Å². The zero-order chi connectivity index (χ0) is 14.4. The molecule has 0 saturated carbocycles. The van der Waals surface area contributed by atoms with E-state index in [4.69, 9.17) is 4.74 Å². The van der Waals surface area contributed by atoms with Crippen molar-refractivity contribution in [2.24, 2.45) is 5.10 Å². The highest BCUT2D eigenvalue weighted by Crippen LogP contribution is 2.15. The summed E-state index contributed by atoms with van der Waals surface area (Å²) in [6.45, 7) is 1.93. The Labute approximate surface area is 129 Å². The summed E-state index contributed by atoms with van der Waals surface area (Å²) in [5.41, 5.74) is 3.57. The van der Waals surface area contributed by atoms with E-state index >= 15 is 0 Å². The molecule has 0 saturated heterocycles. The summed E-state index contributed by atoms with van der Waals surface area (Å²) < 4.78 is 6.29. The number of hydrogen-bond donors (Lipinski definition) is 1. The quantitative estimate of drug-likeness (QED) is 0.662. The van der Waals surface area contributed by atoms with E-state index in [1.807, 2.05) is 30.5 Å². The molecule has 1 N–H and O–H groups in total. The minimum absolute atomic E-state index is 0.0671. The SMILES string of the molecule is Cc1ccsc1C=NNC(=O)COc1ccc(Br)cc1. The van der Waals surface area contributed by atoms with Gasteiger partial charge in [0.1, 0.15) is 5.75 Å². The Bertz CT molecular complexity index is 608. The van der Waals surface area contributed by atoms with Gasteiger partial charge in [0.15, 0.2) is 6.61 Å². The van der Waals surface area contributed by atoms with Crippen molar-refractivity contribution in [3.8, 4) is 5.75 Å². The number of amides is 1. The second kappa shape index (κ2) is 7.21. The van der Waals surface area contributed by atoms with Crippen molar-refractivity contribution < 1.29 is 9.53 Å². The number of hydrazone groups is 1. The maximum Gasteiger partial charge on any atom is 0.277 e. The molecule has 20 heavy (non-hydrogen) atoms. The Morgan fingerprint density at radius 1 is 1.40 bits per heavy atom. The molecule has 1 heterocycles. The van der Waals surface area contributed by atoms with Gasteiger partial charge in [0.2, 0.25) is 0 Å². The van der Waals surface area contributed by atoms with Crippen LogP contribution in [0.25, 0.3) is 0 Å². The minimum atomic E-state index is -0.293. The highest BCUT2D eigenvalue weighted by molar-refractivity contribution is 9.10. The Hall–Kier alpha value is -1.66. The van der Waals surface area contributed by atoms with E-state index in [9.17, 15) is 4.79 Å². The van der Waals surface area contributed by atoms with Crippen molar-refractivity contribution in [3.05, 3.63) is 50.6 Å². The average molecular weight is 353 g/mol. The smallest absolute Gasteiger partial charge is 0.277 e. The van der Waals surface area contributed by atoms with Crippen molar-refractivity contribution in [3.63, 3.8) is 0 Å². The fraction of sp³-hybridized carbons (Fsp3) is 0.143. The average Bonchev–Trinajstić information content (AvgIpc) is 2.84. The van der Waals surface area contributed by atoms with Crippen molar-refractivity contribution in [2.45, 2.75) is 6.92 Å². The number of rotatable bonds is 5. The van der Waals surface area contributed by atoms with Gasteiger partial charge in [0.25, 0.3) is 5.91 Å². The van der Waals surface area contributed by atoms with Crippen LogP contribution in [0.5, 0.6) is 5.75 Å². The third-order valence-electron chi connectivity index (χ3n) is 2.46. The van der Waals surface area contributed by atoms with E-state index in [1.54, 1.807) is 29.7 Å². The van der Waals surface area contributed by atoms with Crippen LogP contribution in [-0.4, -0.2) is 18.7 Å². The lowest BCUT2D eigenvalue weighted by atomic mass is 10.3. The predicted molar refractivity (Wildman–Crippen MR) is 84.4 cm³/mol. The second-order valence-electron chi connectivity index (χ2n) is 4.00. The topological polar surface area (TPSA) is 50.7 Å². The standard InChI is InChI=1S/C14H13BrN2O2S/c1-10-6-7-20-13(10)8-16-17-14(18)9-19-12-4-2-11(15)3-5-12/h2-8H,9H2,1H3,(H,17,18). The molecule has 0 bridgehead atoms. The van der Waals surface area contributed by atoms with E-state index in [0.717, 1.165) is 14.9 Å². The van der Waals surface area contributed by atoms with Crippen LogP contribution in [0.3, 0.4) is 0 Å². The molecule has 4 nitrogen and oxygen atoms in total. The third kappa shape index (κ3) is 4.47. The molecule has 0 atom stereocenters. The van der Waals surface area contributed by atoms with Gasteiger partial charge in [-0.05, 0) is 48.2 Å².